The first-order chi connectivity index (χ1) is 10.5. The van der Waals surface area contributed by atoms with Crippen LogP contribution in [0.1, 0.15) is 0 Å². The lowest BCUT2D eigenvalue weighted by Crippen LogP contribution is -2.10. The van der Waals surface area contributed by atoms with E-state index in [4.69, 9.17) is 0 Å². The van der Waals surface area contributed by atoms with E-state index < -0.39 is 9.84 Å². The third-order valence-corrected chi connectivity index (χ3v) is 5.25. The van der Waals surface area contributed by atoms with Gasteiger partial charge in [0.25, 0.3) is 0 Å². The maximum Gasteiger partial charge on any atom is 0.208 e. The van der Waals surface area contributed by atoms with Crippen molar-refractivity contribution in [3.8, 4) is 0 Å². The van der Waals surface area contributed by atoms with Crippen molar-refractivity contribution >= 4 is 26.4 Å². The van der Waals surface area contributed by atoms with E-state index in [0.29, 0.717) is 0 Å². The second kappa shape index (κ2) is 5.42. The summed E-state index contributed by atoms with van der Waals surface area (Å²) in [6.07, 6.45) is 1.43. The zero-order valence-electron chi connectivity index (χ0n) is 12.4. The van der Waals surface area contributed by atoms with Gasteiger partial charge in [-0.05, 0) is 24.3 Å². The molecule has 0 saturated carbocycles. The molecule has 2 aromatic carbocycles. The number of hydrogen-bond donors (Lipinski definition) is 0. The van der Waals surface area contributed by atoms with E-state index in [2.05, 4.69) is 4.98 Å². The standard InChI is InChI=1S/C17H16N2O2S/c1-19(2)16-10-6-7-13-11-15(12-18-17(13)16)22(20,21)14-8-4-3-5-9-14/h3-12H,1-2H3. The molecule has 5 heteroatoms. The van der Waals surface area contributed by atoms with Gasteiger partial charge in [0.1, 0.15) is 0 Å². The van der Waals surface area contributed by atoms with Gasteiger partial charge in [0.15, 0.2) is 0 Å². The van der Waals surface area contributed by atoms with Crippen LogP contribution in [0.5, 0.6) is 0 Å². The van der Waals surface area contributed by atoms with Crippen molar-refractivity contribution in [2.24, 2.45) is 0 Å². The molecule has 3 aromatic rings. The molecule has 0 aliphatic carbocycles. The van der Waals surface area contributed by atoms with Gasteiger partial charge >= 0.3 is 0 Å². The third kappa shape index (κ3) is 2.44. The van der Waals surface area contributed by atoms with Crippen molar-refractivity contribution in [1.29, 1.82) is 0 Å². The SMILES string of the molecule is CN(C)c1cccc2cc(S(=O)(=O)c3ccccc3)cnc12. The Hall–Kier alpha value is -2.40. The minimum Gasteiger partial charge on any atom is -0.376 e. The van der Waals surface area contributed by atoms with E-state index in [1.54, 1.807) is 36.4 Å². The van der Waals surface area contributed by atoms with Gasteiger partial charge in [0.2, 0.25) is 9.84 Å². The largest absolute Gasteiger partial charge is 0.376 e. The van der Waals surface area contributed by atoms with Gasteiger partial charge < -0.3 is 4.90 Å². The Morgan fingerprint density at radius 3 is 2.32 bits per heavy atom. The molecule has 0 unspecified atom stereocenters. The molecule has 1 aromatic heterocycles. The number of anilines is 1. The first-order valence-electron chi connectivity index (χ1n) is 6.86. The van der Waals surface area contributed by atoms with Crippen LogP contribution in [0.25, 0.3) is 10.9 Å². The molecule has 0 radical (unpaired) electrons. The highest BCUT2D eigenvalue weighted by atomic mass is 32.2. The van der Waals surface area contributed by atoms with Crippen LogP contribution >= 0.6 is 0 Å². The number of benzene rings is 2. The van der Waals surface area contributed by atoms with Gasteiger partial charge in [-0.25, -0.2) is 8.42 Å². The first-order valence-corrected chi connectivity index (χ1v) is 8.35. The second-order valence-corrected chi connectivity index (χ2v) is 7.18. The summed E-state index contributed by atoms with van der Waals surface area (Å²) in [6, 6.07) is 15.8. The fourth-order valence-corrected chi connectivity index (χ4v) is 3.63. The Labute approximate surface area is 130 Å². The summed E-state index contributed by atoms with van der Waals surface area (Å²) in [5.41, 5.74) is 1.75. The van der Waals surface area contributed by atoms with Gasteiger partial charge in [0.05, 0.1) is 21.0 Å². The Balaban J connectivity index is 2.18. The molecular formula is C17H16N2O2S. The minimum absolute atomic E-state index is 0.210. The minimum atomic E-state index is -3.54. The molecule has 22 heavy (non-hydrogen) atoms. The van der Waals surface area contributed by atoms with E-state index in [0.717, 1.165) is 16.6 Å². The maximum atomic E-state index is 12.6. The van der Waals surface area contributed by atoms with Gasteiger partial charge in [-0.2, -0.15) is 0 Å². The van der Waals surface area contributed by atoms with Crippen LogP contribution in [0.4, 0.5) is 5.69 Å². The predicted molar refractivity (Wildman–Crippen MR) is 88.0 cm³/mol. The quantitative estimate of drug-likeness (QED) is 0.745. The van der Waals surface area contributed by atoms with E-state index >= 15 is 0 Å². The van der Waals surface area contributed by atoms with E-state index in [1.165, 1.54) is 6.20 Å². The van der Waals surface area contributed by atoms with Crippen LogP contribution in [0.15, 0.2) is 70.6 Å². The summed E-state index contributed by atoms with van der Waals surface area (Å²) in [4.78, 5) is 6.82. The fraction of sp³-hybridized carbons (Fsp3) is 0.118. The Morgan fingerprint density at radius 2 is 1.64 bits per heavy atom. The molecule has 0 atom stereocenters. The molecule has 112 valence electrons. The van der Waals surface area contributed by atoms with Gasteiger partial charge in [-0.1, -0.05) is 30.3 Å². The normalized spacial score (nSPS) is 11.5. The lowest BCUT2D eigenvalue weighted by molar-refractivity contribution is 0.596. The highest BCUT2D eigenvalue weighted by molar-refractivity contribution is 7.91. The van der Waals surface area contributed by atoms with Crippen molar-refractivity contribution < 1.29 is 8.42 Å². The number of aromatic nitrogens is 1. The molecule has 4 nitrogen and oxygen atoms in total. The summed E-state index contributed by atoms with van der Waals surface area (Å²) in [5.74, 6) is 0. The molecule has 0 N–H and O–H groups in total. The van der Waals surface area contributed by atoms with E-state index in [9.17, 15) is 8.42 Å². The Bertz CT molecular complexity index is 920. The number of rotatable bonds is 3. The predicted octanol–water partition coefficient (Wildman–Crippen LogP) is 3.13. The van der Waals surface area contributed by atoms with Crippen molar-refractivity contribution in [1.82, 2.24) is 4.98 Å². The number of pyridine rings is 1. The summed E-state index contributed by atoms with van der Waals surface area (Å²) in [5, 5.41) is 0.809. The van der Waals surface area contributed by atoms with Gasteiger partial charge in [0, 0.05) is 25.7 Å². The fourth-order valence-electron chi connectivity index (χ4n) is 2.37. The van der Waals surface area contributed by atoms with Crippen LogP contribution in [0, 0.1) is 0 Å². The zero-order chi connectivity index (χ0) is 15.7. The van der Waals surface area contributed by atoms with Crippen molar-refractivity contribution in [2.75, 3.05) is 19.0 Å². The smallest absolute Gasteiger partial charge is 0.208 e. The van der Waals surface area contributed by atoms with Crippen molar-refractivity contribution in [3.05, 3.63) is 60.8 Å². The molecule has 3 rings (SSSR count). The third-order valence-electron chi connectivity index (χ3n) is 3.51. The Morgan fingerprint density at radius 1 is 0.909 bits per heavy atom. The lowest BCUT2D eigenvalue weighted by Gasteiger charge is -2.15. The van der Waals surface area contributed by atoms with Crippen LogP contribution in [-0.4, -0.2) is 27.5 Å². The van der Waals surface area contributed by atoms with Crippen LogP contribution < -0.4 is 4.90 Å². The molecule has 0 saturated heterocycles. The molecule has 0 fully saturated rings. The van der Waals surface area contributed by atoms with Gasteiger partial charge in [-0.3, -0.25) is 4.98 Å². The number of fused-ring (bicyclic) bond motifs is 1. The summed E-state index contributed by atoms with van der Waals surface area (Å²) >= 11 is 0. The average Bonchev–Trinajstić information content (AvgIpc) is 2.54. The maximum absolute atomic E-state index is 12.6. The summed E-state index contributed by atoms with van der Waals surface area (Å²) in [6.45, 7) is 0. The molecule has 1 heterocycles. The molecule has 0 aliphatic rings. The lowest BCUT2D eigenvalue weighted by atomic mass is 10.2. The summed E-state index contributed by atoms with van der Waals surface area (Å²) < 4.78 is 25.3. The monoisotopic (exact) mass is 312 g/mol. The first kappa shape index (κ1) is 14.5. The Kier molecular flexibility index (Phi) is 3.58. The number of nitrogens with zero attached hydrogens (tertiary/aromatic N) is 2. The van der Waals surface area contributed by atoms with E-state index in [1.807, 2.05) is 37.2 Å². The molecule has 0 amide bonds. The molecule has 0 bridgehead atoms. The van der Waals surface area contributed by atoms with Crippen molar-refractivity contribution in [2.45, 2.75) is 9.79 Å². The number of hydrogen-bond acceptors (Lipinski definition) is 4. The molecule has 0 spiro atoms. The second-order valence-electron chi connectivity index (χ2n) is 5.23. The van der Waals surface area contributed by atoms with Crippen LogP contribution in [0.2, 0.25) is 0 Å². The number of sulfone groups is 1. The summed E-state index contributed by atoms with van der Waals surface area (Å²) in [7, 11) is 0.332. The average molecular weight is 312 g/mol. The van der Waals surface area contributed by atoms with E-state index in [-0.39, 0.29) is 9.79 Å². The highest BCUT2D eigenvalue weighted by Gasteiger charge is 2.18. The molecule has 0 aliphatic heterocycles. The topological polar surface area (TPSA) is 50.3 Å². The highest BCUT2D eigenvalue weighted by Crippen LogP contribution is 2.27. The zero-order valence-corrected chi connectivity index (χ0v) is 13.2. The van der Waals surface area contributed by atoms with Crippen LogP contribution in [0.3, 0.4) is 0 Å². The number of para-hydroxylation sites is 1. The van der Waals surface area contributed by atoms with Crippen molar-refractivity contribution in [3.63, 3.8) is 0 Å². The molecular weight excluding hydrogens is 296 g/mol. The van der Waals surface area contributed by atoms with Gasteiger partial charge in [-0.15, -0.1) is 0 Å². The van der Waals surface area contributed by atoms with Crippen LogP contribution in [-0.2, 0) is 9.84 Å².